The molecule has 20 heavy (non-hydrogen) atoms. The number of amides is 1. The van der Waals surface area contributed by atoms with E-state index in [9.17, 15) is 4.79 Å². The van der Waals surface area contributed by atoms with Crippen LogP contribution in [-0.4, -0.2) is 47.6 Å². The molecule has 8 heteroatoms. The second kappa shape index (κ2) is 5.31. The van der Waals surface area contributed by atoms with Crippen LogP contribution in [0.2, 0.25) is 0 Å². The lowest BCUT2D eigenvalue weighted by molar-refractivity contribution is 0.100. The third-order valence-electron chi connectivity index (χ3n) is 3.31. The average Bonchev–Trinajstić information content (AvgIpc) is 3.08. The van der Waals surface area contributed by atoms with Crippen LogP contribution in [0.4, 0.5) is 0 Å². The van der Waals surface area contributed by atoms with E-state index >= 15 is 0 Å². The number of nitrogens with one attached hydrogen (secondary N) is 1. The predicted octanol–water partition coefficient (Wildman–Crippen LogP) is 0.473. The van der Waals surface area contributed by atoms with Gasteiger partial charge < -0.3 is 15.6 Å². The van der Waals surface area contributed by atoms with Crippen molar-refractivity contribution in [2.75, 3.05) is 26.7 Å². The van der Waals surface area contributed by atoms with Crippen molar-refractivity contribution in [2.24, 2.45) is 5.73 Å². The fourth-order valence-electron chi connectivity index (χ4n) is 2.15. The van der Waals surface area contributed by atoms with E-state index in [0.29, 0.717) is 16.6 Å². The Labute approximate surface area is 119 Å². The molecule has 3 N–H and O–H groups in total. The lowest BCUT2D eigenvalue weighted by Crippen LogP contribution is -2.44. The average molecular weight is 293 g/mol. The molecule has 106 valence electrons. The molecule has 0 aliphatic carbocycles. The molecule has 0 saturated carbocycles. The fourth-order valence-corrected chi connectivity index (χ4v) is 2.93. The number of rotatable bonds is 3. The van der Waals surface area contributed by atoms with Gasteiger partial charge in [-0.05, 0) is 19.2 Å². The van der Waals surface area contributed by atoms with Gasteiger partial charge in [0.15, 0.2) is 5.82 Å². The molecule has 0 bridgehead atoms. The molecule has 3 heterocycles. The van der Waals surface area contributed by atoms with E-state index in [1.807, 2.05) is 7.05 Å². The zero-order valence-corrected chi connectivity index (χ0v) is 11.8. The first kappa shape index (κ1) is 13.2. The van der Waals surface area contributed by atoms with Crippen LogP contribution in [0.25, 0.3) is 10.8 Å². The van der Waals surface area contributed by atoms with Crippen LogP contribution in [0.3, 0.4) is 0 Å². The van der Waals surface area contributed by atoms with E-state index < -0.39 is 5.91 Å². The minimum Gasteiger partial charge on any atom is -0.365 e. The zero-order chi connectivity index (χ0) is 14.1. The number of piperazine rings is 1. The zero-order valence-electron chi connectivity index (χ0n) is 11.0. The van der Waals surface area contributed by atoms with Crippen LogP contribution in [0.1, 0.15) is 21.5 Å². The number of aromatic nitrogens is 2. The maximum atomic E-state index is 11.1. The Morgan fingerprint density at radius 1 is 1.60 bits per heavy atom. The highest BCUT2D eigenvalue weighted by Gasteiger charge is 2.25. The number of hydrogen-bond donors (Lipinski definition) is 2. The number of thiophene rings is 1. The third kappa shape index (κ3) is 2.45. The van der Waals surface area contributed by atoms with Crippen molar-refractivity contribution in [2.45, 2.75) is 6.04 Å². The van der Waals surface area contributed by atoms with Crippen molar-refractivity contribution < 1.29 is 9.32 Å². The fraction of sp³-hybridized carbons (Fsp3) is 0.417. The van der Waals surface area contributed by atoms with Gasteiger partial charge in [-0.1, -0.05) is 5.16 Å². The molecular weight excluding hydrogens is 278 g/mol. The summed E-state index contributed by atoms with van der Waals surface area (Å²) < 4.78 is 5.29. The lowest BCUT2D eigenvalue weighted by Gasteiger charge is -2.30. The quantitative estimate of drug-likeness (QED) is 0.854. The molecule has 1 fully saturated rings. The molecule has 1 saturated heterocycles. The summed E-state index contributed by atoms with van der Waals surface area (Å²) in [5, 5.41) is 7.35. The summed E-state index contributed by atoms with van der Waals surface area (Å²) in [5.74, 6) is 0.636. The van der Waals surface area contributed by atoms with Crippen LogP contribution in [0, 0.1) is 0 Å². The van der Waals surface area contributed by atoms with Gasteiger partial charge in [0.2, 0.25) is 0 Å². The topological polar surface area (TPSA) is 97.3 Å². The molecule has 1 atom stereocenters. The number of nitrogens with zero attached hydrogens (tertiary/aromatic N) is 3. The molecule has 1 aliphatic heterocycles. The molecule has 0 spiro atoms. The van der Waals surface area contributed by atoms with Crippen LogP contribution in [-0.2, 0) is 0 Å². The summed E-state index contributed by atoms with van der Waals surface area (Å²) in [5.41, 5.74) is 5.24. The Kier molecular flexibility index (Phi) is 3.51. The van der Waals surface area contributed by atoms with Gasteiger partial charge in [-0.15, -0.1) is 11.3 Å². The molecule has 0 radical (unpaired) electrons. The molecule has 0 aromatic carbocycles. The summed E-state index contributed by atoms with van der Waals surface area (Å²) >= 11 is 1.25. The summed E-state index contributed by atoms with van der Waals surface area (Å²) in [7, 11) is 2.04. The molecule has 1 unspecified atom stereocenters. The minimum absolute atomic E-state index is 0.108. The van der Waals surface area contributed by atoms with Crippen molar-refractivity contribution in [3.8, 4) is 10.8 Å². The molecule has 1 aliphatic rings. The Hall–Kier alpha value is -1.77. The SMILES string of the molecule is CN1CCNCC1c1noc(-c2ccc(C(N)=O)s2)n1. The lowest BCUT2D eigenvalue weighted by atomic mass is 10.2. The maximum absolute atomic E-state index is 11.1. The highest BCUT2D eigenvalue weighted by Crippen LogP contribution is 2.28. The second-order valence-electron chi connectivity index (χ2n) is 4.69. The Bertz CT molecular complexity index is 623. The number of nitrogens with two attached hydrogens (primary N) is 1. The van der Waals surface area contributed by atoms with Gasteiger partial charge in [0, 0.05) is 19.6 Å². The van der Waals surface area contributed by atoms with Crippen molar-refractivity contribution in [1.29, 1.82) is 0 Å². The van der Waals surface area contributed by atoms with Gasteiger partial charge >= 0.3 is 0 Å². The first-order valence-corrected chi connectivity index (χ1v) is 7.11. The van der Waals surface area contributed by atoms with Gasteiger partial charge in [-0.3, -0.25) is 9.69 Å². The second-order valence-corrected chi connectivity index (χ2v) is 5.77. The van der Waals surface area contributed by atoms with Gasteiger partial charge in [-0.2, -0.15) is 4.98 Å². The largest absolute Gasteiger partial charge is 0.365 e. The standard InChI is InChI=1S/C12H15N5O2S/c1-17-5-4-14-6-7(17)11-15-12(19-16-11)9-3-2-8(20-9)10(13)18/h2-3,7,14H,4-6H2,1H3,(H2,13,18). The van der Waals surface area contributed by atoms with E-state index in [1.54, 1.807) is 12.1 Å². The van der Waals surface area contributed by atoms with Crippen LogP contribution < -0.4 is 11.1 Å². The van der Waals surface area contributed by atoms with Gasteiger partial charge in [-0.25, -0.2) is 0 Å². The highest BCUT2D eigenvalue weighted by molar-refractivity contribution is 7.17. The van der Waals surface area contributed by atoms with E-state index in [0.717, 1.165) is 24.5 Å². The van der Waals surface area contributed by atoms with Crippen LogP contribution in [0.5, 0.6) is 0 Å². The van der Waals surface area contributed by atoms with Gasteiger partial charge in [0.1, 0.15) is 0 Å². The Morgan fingerprint density at radius 3 is 3.15 bits per heavy atom. The highest BCUT2D eigenvalue weighted by atomic mass is 32.1. The number of hydrogen-bond acceptors (Lipinski definition) is 7. The molecule has 2 aromatic heterocycles. The van der Waals surface area contributed by atoms with Crippen LogP contribution >= 0.6 is 11.3 Å². The van der Waals surface area contributed by atoms with E-state index in [2.05, 4.69) is 20.4 Å². The van der Waals surface area contributed by atoms with E-state index in [4.69, 9.17) is 10.3 Å². The summed E-state index contributed by atoms with van der Waals surface area (Å²) in [6, 6.07) is 3.54. The minimum atomic E-state index is -0.447. The Balaban J connectivity index is 1.83. The summed E-state index contributed by atoms with van der Waals surface area (Å²) in [4.78, 5) is 18.9. The van der Waals surface area contributed by atoms with Crippen molar-refractivity contribution in [3.05, 3.63) is 22.8 Å². The normalized spacial score (nSPS) is 20.1. The first-order chi connectivity index (χ1) is 9.65. The number of carbonyl (C=O) groups excluding carboxylic acids is 1. The first-order valence-electron chi connectivity index (χ1n) is 6.29. The number of carbonyl (C=O) groups is 1. The molecule has 2 aromatic rings. The van der Waals surface area contributed by atoms with Crippen molar-refractivity contribution in [3.63, 3.8) is 0 Å². The van der Waals surface area contributed by atoms with E-state index in [-0.39, 0.29) is 6.04 Å². The monoisotopic (exact) mass is 293 g/mol. The molecule has 1 amide bonds. The van der Waals surface area contributed by atoms with E-state index in [1.165, 1.54) is 11.3 Å². The van der Waals surface area contributed by atoms with Gasteiger partial charge in [0.05, 0.1) is 15.8 Å². The smallest absolute Gasteiger partial charge is 0.268 e. The van der Waals surface area contributed by atoms with Crippen molar-refractivity contribution in [1.82, 2.24) is 20.4 Å². The maximum Gasteiger partial charge on any atom is 0.268 e. The summed E-state index contributed by atoms with van der Waals surface area (Å²) in [6.45, 7) is 2.70. The molecule has 7 nitrogen and oxygen atoms in total. The predicted molar refractivity (Wildman–Crippen MR) is 74.4 cm³/mol. The van der Waals surface area contributed by atoms with Crippen LogP contribution in [0.15, 0.2) is 16.7 Å². The van der Waals surface area contributed by atoms with Gasteiger partial charge in [0.25, 0.3) is 11.8 Å². The Morgan fingerprint density at radius 2 is 2.45 bits per heavy atom. The molecular formula is C12H15N5O2S. The van der Waals surface area contributed by atoms with Crippen molar-refractivity contribution >= 4 is 17.2 Å². The third-order valence-corrected chi connectivity index (χ3v) is 4.40. The summed E-state index contributed by atoms with van der Waals surface area (Å²) in [6.07, 6.45) is 0. The number of primary amides is 1. The number of likely N-dealkylation sites (N-methyl/N-ethyl adjacent to an activating group) is 1. The molecule has 3 rings (SSSR count).